The Morgan fingerprint density at radius 1 is 1.00 bits per heavy atom. The molecule has 0 radical (unpaired) electrons. The molecule has 10 atom stereocenters. The monoisotopic (exact) mass is 623 g/mol. The molecule has 0 aromatic heterocycles. The van der Waals surface area contributed by atoms with E-state index in [0.29, 0.717) is 25.2 Å². The quantitative estimate of drug-likeness (QED) is 0.150. The van der Waals surface area contributed by atoms with Crippen LogP contribution in [0.5, 0.6) is 0 Å². The van der Waals surface area contributed by atoms with Crippen LogP contribution in [0.25, 0.3) is 0 Å². The van der Waals surface area contributed by atoms with E-state index in [1.807, 2.05) is 0 Å². The van der Waals surface area contributed by atoms with E-state index >= 15 is 0 Å². The summed E-state index contributed by atoms with van der Waals surface area (Å²) in [6.07, 6.45) is 6.31. The predicted octanol–water partition coefficient (Wildman–Crippen LogP) is -3.45. The van der Waals surface area contributed by atoms with Crippen LogP contribution in [0, 0.1) is 46.3 Å². The number of carbonyl (C=O) groups is 1. The fraction of sp³-hybridized carbons (Fsp3) is 0.962. The molecule has 0 aromatic carbocycles. The van der Waals surface area contributed by atoms with Crippen LogP contribution >= 0.6 is 0 Å². The van der Waals surface area contributed by atoms with Crippen LogP contribution in [0.1, 0.15) is 85.0 Å². The molecule has 220 valence electrons. The van der Waals surface area contributed by atoms with Crippen molar-refractivity contribution < 1.29 is 99.1 Å². The maximum atomic E-state index is 12.2. The number of aliphatic hydroxyl groups is 1. The second-order valence-electron chi connectivity index (χ2n) is 13.1. The van der Waals surface area contributed by atoms with E-state index < -0.39 is 38.5 Å². The fourth-order valence-electron chi connectivity index (χ4n) is 9.36. The third kappa shape index (κ3) is 8.27. The fourth-order valence-corrected chi connectivity index (χ4v) is 10.2. The minimum Gasteiger partial charge on any atom is -0.748 e. The van der Waals surface area contributed by atoms with Crippen LogP contribution in [-0.4, -0.2) is 61.5 Å². The van der Waals surface area contributed by atoms with Crippen LogP contribution in [0.2, 0.25) is 0 Å². The molecule has 0 spiro atoms. The molecule has 4 aliphatic carbocycles. The first-order valence-corrected chi connectivity index (χ1v) is 17.0. The van der Waals surface area contributed by atoms with Crippen LogP contribution < -0.4 is 64.4 Å². The molecule has 10 nitrogen and oxygen atoms in total. The van der Waals surface area contributed by atoms with Gasteiger partial charge in [-0.15, -0.1) is 0 Å². The van der Waals surface area contributed by atoms with Gasteiger partial charge in [0.1, 0.15) is 0 Å². The van der Waals surface area contributed by atoms with Crippen molar-refractivity contribution in [3.05, 3.63) is 0 Å². The average molecular weight is 624 g/mol. The van der Waals surface area contributed by atoms with Gasteiger partial charge in [0.15, 0.2) is 0 Å². The molecular formula is C26H43NNa2O9S2. The third-order valence-corrected chi connectivity index (χ3v) is 12.3. The number of nitrogens with one attached hydrogen (secondary N) is 1. The molecule has 2 N–H and O–H groups in total. The van der Waals surface area contributed by atoms with Crippen molar-refractivity contribution in [2.45, 2.75) is 97.2 Å². The molecule has 4 fully saturated rings. The Morgan fingerprint density at radius 2 is 1.62 bits per heavy atom. The maximum absolute atomic E-state index is 12.2. The summed E-state index contributed by atoms with van der Waals surface area (Å²) < 4.78 is 72.9. The normalized spacial score (nSPS) is 39.9. The van der Waals surface area contributed by atoms with Crippen molar-refractivity contribution in [1.82, 2.24) is 5.32 Å². The van der Waals surface area contributed by atoms with Crippen LogP contribution in [0.15, 0.2) is 0 Å². The minimum atomic E-state index is -4.87. The predicted molar refractivity (Wildman–Crippen MR) is 137 cm³/mol. The van der Waals surface area contributed by atoms with Gasteiger partial charge in [0.25, 0.3) is 0 Å². The van der Waals surface area contributed by atoms with Gasteiger partial charge < -0.3 is 19.5 Å². The number of hydrogen-bond donors (Lipinski definition) is 2. The van der Waals surface area contributed by atoms with Crippen molar-refractivity contribution in [3.63, 3.8) is 0 Å². The Morgan fingerprint density at radius 3 is 2.25 bits per heavy atom. The number of fused-ring (bicyclic) bond motifs is 5. The minimum absolute atomic E-state index is 0. The van der Waals surface area contributed by atoms with Gasteiger partial charge in [-0.25, -0.2) is 16.8 Å². The molecule has 40 heavy (non-hydrogen) atoms. The zero-order valence-corrected chi connectivity index (χ0v) is 30.3. The maximum Gasteiger partial charge on any atom is 1.00 e. The Labute approximate surface area is 284 Å². The summed E-state index contributed by atoms with van der Waals surface area (Å²) >= 11 is 0. The van der Waals surface area contributed by atoms with E-state index in [0.717, 1.165) is 38.5 Å². The number of amides is 1. The molecule has 4 aliphatic rings. The van der Waals surface area contributed by atoms with Crippen LogP contribution in [0.3, 0.4) is 0 Å². The molecule has 0 saturated heterocycles. The topological polar surface area (TPSA) is 173 Å². The third-order valence-electron chi connectivity index (χ3n) is 11.1. The van der Waals surface area contributed by atoms with Crippen molar-refractivity contribution in [3.8, 4) is 0 Å². The van der Waals surface area contributed by atoms with Gasteiger partial charge in [0, 0.05) is 13.0 Å². The first kappa shape index (κ1) is 37.4. The van der Waals surface area contributed by atoms with Gasteiger partial charge in [-0.05, 0) is 104 Å². The largest absolute Gasteiger partial charge is 1.00 e. The second kappa shape index (κ2) is 14.1. The molecule has 1 amide bonds. The first-order valence-electron chi connectivity index (χ1n) is 14.1. The summed E-state index contributed by atoms with van der Waals surface area (Å²) in [5, 5.41) is 12.9. The molecular weight excluding hydrogens is 580 g/mol. The molecule has 4 unspecified atom stereocenters. The van der Waals surface area contributed by atoms with E-state index in [1.165, 1.54) is 0 Å². The average Bonchev–Trinajstić information content (AvgIpc) is 3.14. The van der Waals surface area contributed by atoms with Crippen LogP contribution in [0.4, 0.5) is 0 Å². The van der Waals surface area contributed by atoms with Gasteiger partial charge in [0.05, 0.1) is 28.1 Å². The summed E-state index contributed by atoms with van der Waals surface area (Å²) in [5.74, 6) is 0.167. The number of rotatable bonds is 9. The van der Waals surface area contributed by atoms with E-state index in [4.69, 9.17) is 4.18 Å². The van der Waals surface area contributed by atoms with Crippen molar-refractivity contribution >= 4 is 26.4 Å². The summed E-state index contributed by atoms with van der Waals surface area (Å²) in [7, 11) is -9.24. The van der Waals surface area contributed by atoms with Gasteiger partial charge in [-0.2, -0.15) is 0 Å². The standard InChI is InChI=1S/C26H45NO9S2.2Na/c1-16(4-7-23(29)27-12-13-37(30,31)32)19-5-6-20-24-21(9-11-26(19,20)3)25(2)10-8-18(28)14-17(25)15-22(24)36-38(33,34)35;;/h16-22,24,28H,4-15H2,1-3H3,(H,27,29)(H,30,31,32)(H,33,34,35);;/q;2*+1/p-2/t16-,17+,18-,19-,20?,21?,22?,24?,25+,26-;;/m1../s1. The summed E-state index contributed by atoms with van der Waals surface area (Å²) in [6.45, 7) is 6.52. The van der Waals surface area contributed by atoms with Crippen LogP contribution in [-0.2, 0) is 29.5 Å². The molecule has 0 bridgehead atoms. The zero-order valence-electron chi connectivity index (χ0n) is 24.6. The first-order chi connectivity index (χ1) is 17.5. The second-order valence-corrected chi connectivity index (χ2v) is 15.6. The number of carbonyl (C=O) groups excluding carboxylic acids is 1. The zero-order chi connectivity index (χ0) is 28.1. The Balaban J connectivity index is 0.00000280. The van der Waals surface area contributed by atoms with Crippen molar-refractivity contribution in [2.24, 2.45) is 46.3 Å². The Bertz CT molecular complexity index is 1110. The number of aliphatic hydroxyl groups excluding tert-OH is 1. The van der Waals surface area contributed by atoms with Gasteiger partial charge in [-0.1, -0.05) is 20.8 Å². The Hall–Kier alpha value is 1.21. The van der Waals surface area contributed by atoms with E-state index in [-0.39, 0.29) is 118 Å². The van der Waals surface area contributed by atoms with Crippen molar-refractivity contribution in [2.75, 3.05) is 12.3 Å². The summed E-state index contributed by atoms with van der Waals surface area (Å²) in [5.41, 5.74) is -0.0869. The summed E-state index contributed by atoms with van der Waals surface area (Å²) in [6, 6.07) is 0. The van der Waals surface area contributed by atoms with Gasteiger partial charge in [-0.3, -0.25) is 8.98 Å². The number of hydrogen-bond acceptors (Lipinski definition) is 9. The van der Waals surface area contributed by atoms with Gasteiger partial charge in [0.2, 0.25) is 16.3 Å². The van der Waals surface area contributed by atoms with E-state index in [1.54, 1.807) is 0 Å². The molecule has 14 heteroatoms. The van der Waals surface area contributed by atoms with E-state index in [2.05, 4.69) is 26.1 Å². The Kier molecular flexibility index (Phi) is 13.2. The van der Waals surface area contributed by atoms with E-state index in [9.17, 15) is 35.8 Å². The smallest absolute Gasteiger partial charge is 0.748 e. The molecule has 4 rings (SSSR count). The van der Waals surface area contributed by atoms with Crippen molar-refractivity contribution in [1.29, 1.82) is 0 Å². The molecule has 0 aromatic rings. The summed E-state index contributed by atoms with van der Waals surface area (Å²) in [4.78, 5) is 12.2. The SMILES string of the molecule is C[C@H](CCC(=O)NCCS(=O)(=O)[O-])[C@H]1CCC2C3C(OS(=O)(=O)[O-])C[C@@H]4C[C@H](O)CC[C@]4(C)C3CC[C@@]21C.[Na+].[Na+]. The molecule has 4 saturated carbocycles. The molecule has 0 heterocycles. The van der Waals surface area contributed by atoms with Gasteiger partial charge >= 0.3 is 59.1 Å². The molecule has 0 aliphatic heterocycles.